The van der Waals surface area contributed by atoms with E-state index in [1.807, 2.05) is 12.1 Å². The number of halogens is 4. The molecule has 0 saturated carbocycles. The Bertz CT molecular complexity index is 1080. The van der Waals surface area contributed by atoms with E-state index in [0.717, 1.165) is 27.9 Å². The molecular formula is C18H13ClF3NO2S. The molecule has 26 heavy (non-hydrogen) atoms. The molecule has 0 saturated heterocycles. The molecule has 3 rings (SSSR count). The van der Waals surface area contributed by atoms with Gasteiger partial charge in [0.15, 0.2) is 0 Å². The lowest BCUT2D eigenvalue weighted by Gasteiger charge is -2.22. The molecule has 0 aromatic heterocycles. The normalized spacial score (nSPS) is 12.3. The molecule has 0 bridgehead atoms. The average Bonchev–Trinajstić information content (AvgIpc) is 2.60. The van der Waals surface area contributed by atoms with E-state index in [9.17, 15) is 21.6 Å². The maximum absolute atomic E-state index is 12.9. The van der Waals surface area contributed by atoms with Crippen LogP contribution in [0.15, 0.2) is 65.6 Å². The van der Waals surface area contributed by atoms with E-state index in [-0.39, 0.29) is 15.6 Å². The van der Waals surface area contributed by atoms with E-state index in [4.69, 9.17) is 11.6 Å². The number of nitrogens with zero attached hydrogens (tertiary/aromatic N) is 1. The molecule has 3 aromatic carbocycles. The van der Waals surface area contributed by atoms with Crippen LogP contribution in [-0.2, 0) is 16.2 Å². The van der Waals surface area contributed by atoms with Gasteiger partial charge in [-0.25, -0.2) is 8.42 Å². The Morgan fingerprint density at radius 2 is 1.58 bits per heavy atom. The smallest absolute Gasteiger partial charge is 0.268 e. The molecule has 0 aliphatic carbocycles. The Hall–Kier alpha value is -2.25. The number of hydrogen-bond donors (Lipinski definition) is 0. The first-order valence-corrected chi connectivity index (χ1v) is 9.27. The zero-order valence-corrected chi connectivity index (χ0v) is 15.0. The van der Waals surface area contributed by atoms with Gasteiger partial charge in [0.05, 0.1) is 21.2 Å². The fourth-order valence-electron chi connectivity index (χ4n) is 2.55. The van der Waals surface area contributed by atoms with Gasteiger partial charge in [-0.15, -0.1) is 0 Å². The lowest BCUT2D eigenvalue weighted by molar-refractivity contribution is -0.137. The van der Waals surface area contributed by atoms with Crippen LogP contribution in [0.4, 0.5) is 18.9 Å². The minimum absolute atomic E-state index is 0.0350. The highest BCUT2D eigenvalue weighted by Crippen LogP contribution is 2.36. The molecular weight excluding hydrogens is 387 g/mol. The Morgan fingerprint density at radius 1 is 0.923 bits per heavy atom. The largest absolute Gasteiger partial charge is 0.416 e. The number of sulfonamides is 1. The number of benzene rings is 3. The Kier molecular flexibility index (Phi) is 4.62. The zero-order chi connectivity index (χ0) is 19.1. The second-order valence-electron chi connectivity index (χ2n) is 5.65. The van der Waals surface area contributed by atoms with Crippen molar-refractivity contribution in [3.05, 3.63) is 71.2 Å². The summed E-state index contributed by atoms with van der Waals surface area (Å²) in [5.74, 6) is 0. The monoisotopic (exact) mass is 399 g/mol. The van der Waals surface area contributed by atoms with Gasteiger partial charge in [0.25, 0.3) is 10.0 Å². The third-order valence-electron chi connectivity index (χ3n) is 3.99. The molecule has 0 N–H and O–H groups in total. The van der Waals surface area contributed by atoms with Crippen LogP contribution in [0.5, 0.6) is 0 Å². The number of fused-ring (bicyclic) bond motifs is 1. The molecule has 0 heterocycles. The van der Waals surface area contributed by atoms with E-state index in [1.54, 1.807) is 18.2 Å². The third-order valence-corrected chi connectivity index (χ3v) is 6.08. The van der Waals surface area contributed by atoms with Gasteiger partial charge in [-0.05, 0) is 41.1 Å². The van der Waals surface area contributed by atoms with Crippen molar-refractivity contribution < 1.29 is 21.6 Å². The summed E-state index contributed by atoms with van der Waals surface area (Å²) < 4.78 is 65.3. The van der Waals surface area contributed by atoms with Crippen LogP contribution in [0.3, 0.4) is 0 Å². The first-order valence-electron chi connectivity index (χ1n) is 7.45. The standard InChI is InChI=1S/C18H13ClF3NO2S/c1-23(17-11-14(18(20,21)22)7-9-16(17)19)26(24,25)15-8-6-12-4-2-3-5-13(12)10-15/h2-11H,1H3. The van der Waals surface area contributed by atoms with Gasteiger partial charge in [-0.1, -0.05) is 41.9 Å². The fourth-order valence-corrected chi connectivity index (χ4v) is 4.08. The van der Waals surface area contributed by atoms with Crippen LogP contribution < -0.4 is 4.31 Å². The van der Waals surface area contributed by atoms with E-state index in [2.05, 4.69) is 0 Å². The molecule has 3 aromatic rings. The molecule has 0 aliphatic heterocycles. The lowest BCUT2D eigenvalue weighted by atomic mass is 10.1. The first kappa shape index (κ1) is 18.5. The SMILES string of the molecule is CN(c1cc(C(F)(F)F)ccc1Cl)S(=O)(=O)c1ccc2ccccc2c1. The van der Waals surface area contributed by atoms with Gasteiger partial charge in [0, 0.05) is 7.05 Å². The summed E-state index contributed by atoms with van der Waals surface area (Å²) in [6.07, 6.45) is -4.60. The van der Waals surface area contributed by atoms with E-state index in [1.165, 1.54) is 19.2 Å². The van der Waals surface area contributed by atoms with E-state index >= 15 is 0 Å². The summed E-state index contributed by atoms with van der Waals surface area (Å²) in [6, 6.07) is 14.3. The third kappa shape index (κ3) is 3.37. The highest BCUT2D eigenvalue weighted by Gasteiger charge is 2.32. The molecule has 8 heteroatoms. The van der Waals surface area contributed by atoms with E-state index < -0.39 is 21.8 Å². The van der Waals surface area contributed by atoms with Crippen molar-refractivity contribution in [1.82, 2.24) is 0 Å². The van der Waals surface area contributed by atoms with E-state index in [0.29, 0.717) is 5.39 Å². The maximum atomic E-state index is 12.9. The van der Waals surface area contributed by atoms with Crippen molar-refractivity contribution in [3.63, 3.8) is 0 Å². The summed E-state index contributed by atoms with van der Waals surface area (Å²) in [5.41, 5.74) is -1.22. The second kappa shape index (κ2) is 6.48. The predicted molar refractivity (Wildman–Crippen MR) is 96.0 cm³/mol. The van der Waals surface area contributed by atoms with Crippen LogP contribution >= 0.6 is 11.6 Å². The molecule has 0 unspecified atom stereocenters. The number of alkyl halides is 3. The molecule has 0 fully saturated rings. The fraction of sp³-hybridized carbons (Fsp3) is 0.111. The summed E-state index contributed by atoms with van der Waals surface area (Å²) >= 11 is 5.96. The molecule has 0 atom stereocenters. The summed E-state index contributed by atoms with van der Waals surface area (Å²) in [5, 5.41) is 1.47. The van der Waals surface area contributed by atoms with Crippen LogP contribution in [0, 0.1) is 0 Å². The quantitative estimate of drug-likeness (QED) is 0.596. The Morgan fingerprint density at radius 3 is 2.23 bits per heavy atom. The maximum Gasteiger partial charge on any atom is 0.416 e. The van der Waals surface area contributed by atoms with Gasteiger partial charge >= 0.3 is 6.18 Å². The second-order valence-corrected chi connectivity index (χ2v) is 8.02. The first-order chi connectivity index (χ1) is 12.1. The van der Waals surface area contributed by atoms with Gasteiger partial charge in [-0.2, -0.15) is 13.2 Å². The number of hydrogen-bond acceptors (Lipinski definition) is 2. The minimum atomic E-state index is -4.60. The average molecular weight is 400 g/mol. The van der Waals surface area contributed by atoms with Crippen LogP contribution in [-0.4, -0.2) is 15.5 Å². The van der Waals surface area contributed by atoms with Gasteiger partial charge < -0.3 is 0 Å². The van der Waals surface area contributed by atoms with Crippen LogP contribution in [0.2, 0.25) is 5.02 Å². The topological polar surface area (TPSA) is 37.4 Å². The predicted octanol–water partition coefficient (Wildman–Crippen LogP) is 5.34. The Labute approximate surface area is 153 Å². The van der Waals surface area contributed by atoms with Gasteiger partial charge in [-0.3, -0.25) is 4.31 Å². The van der Waals surface area contributed by atoms with Gasteiger partial charge in [0.1, 0.15) is 0 Å². The lowest BCUT2D eigenvalue weighted by Crippen LogP contribution is -2.27. The van der Waals surface area contributed by atoms with Crippen molar-refractivity contribution in [3.8, 4) is 0 Å². The summed E-state index contributed by atoms with van der Waals surface area (Å²) in [6.45, 7) is 0. The zero-order valence-electron chi connectivity index (χ0n) is 13.5. The number of anilines is 1. The summed E-state index contributed by atoms with van der Waals surface area (Å²) in [7, 11) is -2.91. The van der Waals surface area contributed by atoms with Crippen molar-refractivity contribution in [1.29, 1.82) is 0 Å². The van der Waals surface area contributed by atoms with Crippen molar-refractivity contribution in [2.45, 2.75) is 11.1 Å². The molecule has 0 spiro atoms. The van der Waals surface area contributed by atoms with Crippen LogP contribution in [0.25, 0.3) is 10.8 Å². The van der Waals surface area contributed by atoms with Crippen LogP contribution in [0.1, 0.15) is 5.56 Å². The summed E-state index contributed by atoms with van der Waals surface area (Å²) in [4.78, 5) is -0.0350. The van der Waals surface area contributed by atoms with Crippen molar-refractivity contribution >= 4 is 38.1 Å². The highest BCUT2D eigenvalue weighted by molar-refractivity contribution is 7.92. The highest BCUT2D eigenvalue weighted by atomic mass is 35.5. The number of rotatable bonds is 3. The van der Waals surface area contributed by atoms with Crippen molar-refractivity contribution in [2.75, 3.05) is 11.4 Å². The molecule has 0 amide bonds. The van der Waals surface area contributed by atoms with Gasteiger partial charge in [0.2, 0.25) is 0 Å². The molecule has 3 nitrogen and oxygen atoms in total. The molecule has 136 valence electrons. The molecule has 0 aliphatic rings. The Balaban J connectivity index is 2.09. The molecule has 0 radical (unpaired) electrons. The minimum Gasteiger partial charge on any atom is -0.268 e. The van der Waals surface area contributed by atoms with Crippen molar-refractivity contribution in [2.24, 2.45) is 0 Å².